The Kier molecular flexibility index (Phi) is 7.94. The number of amides is 1. The van der Waals surface area contributed by atoms with E-state index in [9.17, 15) is 14.4 Å². The molecule has 3 aromatic heterocycles. The molecule has 0 aliphatic rings. The standard InChI is InChI=1S/C29H33N7O4/c1-16(2)23(24(38)26-34-35-28(40-26)29(5,6)20-13-12-17(3)14-31-20)33-21(37)15-36-25(19-10-8-7-9-11-19)32-18(4)22(30)27(36)39/h7-14,16,23H,15,30H2,1-6H3,(H,33,37)/t23-/m0/s1. The van der Waals surface area contributed by atoms with Crippen molar-refractivity contribution in [1.29, 1.82) is 0 Å². The fourth-order valence-electron chi connectivity index (χ4n) is 4.18. The summed E-state index contributed by atoms with van der Waals surface area (Å²) in [5, 5.41) is 10.8. The summed E-state index contributed by atoms with van der Waals surface area (Å²) in [5.74, 6) is -1.12. The van der Waals surface area contributed by atoms with Crippen molar-refractivity contribution in [2.45, 2.75) is 59.5 Å². The molecule has 1 amide bonds. The second kappa shape index (κ2) is 11.2. The average molecular weight is 544 g/mol. The van der Waals surface area contributed by atoms with Gasteiger partial charge in [-0.25, -0.2) is 4.98 Å². The van der Waals surface area contributed by atoms with Gasteiger partial charge in [0.1, 0.15) is 18.1 Å². The summed E-state index contributed by atoms with van der Waals surface area (Å²) in [6.07, 6.45) is 1.75. The monoisotopic (exact) mass is 543 g/mol. The maximum Gasteiger partial charge on any atom is 0.286 e. The van der Waals surface area contributed by atoms with Gasteiger partial charge in [-0.2, -0.15) is 0 Å². The van der Waals surface area contributed by atoms with Crippen molar-refractivity contribution < 1.29 is 14.0 Å². The quantitative estimate of drug-likeness (QED) is 0.302. The zero-order valence-corrected chi connectivity index (χ0v) is 23.4. The third kappa shape index (κ3) is 5.68. The number of nitrogens with one attached hydrogen (secondary N) is 1. The number of aryl methyl sites for hydroxylation is 2. The number of pyridine rings is 1. The molecule has 0 saturated heterocycles. The van der Waals surface area contributed by atoms with Gasteiger partial charge >= 0.3 is 0 Å². The summed E-state index contributed by atoms with van der Waals surface area (Å²) >= 11 is 0. The molecule has 0 bridgehead atoms. The molecule has 0 fully saturated rings. The Morgan fingerprint density at radius 3 is 2.40 bits per heavy atom. The lowest BCUT2D eigenvalue weighted by atomic mass is 9.88. The predicted molar refractivity (Wildman–Crippen MR) is 150 cm³/mol. The lowest BCUT2D eigenvalue weighted by Gasteiger charge is -2.21. The summed E-state index contributed by atoms with van der Waals surface area (Å²) in [7, 11) is 0. The van der Waals surface area contributed by atoms with E-state index >= 15 is 0 Å². The summed E-state index contributed by atoms with van der Waals surface area (Å²) in [5.41, 5.74) is 7.36. The van der Waals surface area contributed by atoms with Crippen LogP contribution in [0.2, 0.25) is 0 Å². The van der Waals surface area contributed by atoms with Crippen LogP contribution in [0.3, 0.4) is 0 Å². The summed E-state index contributed by atoms with van der Waals surface area (Å²) in [6, 6.07) is 11.8. The average Bonchev–Trinajstić information content (AvgIpc) is 3.44. The zero-order valence-electron chi connectivity index (χ0n) is 23.4. The molecular formula is C29H33N7O4. The molecule has 40 heavy (non-hydrogen) atoms. The van der Waals surface area contributed by atoms with Crippen molar-refractivity contribution in [3.8, 4) is 11.4 Å². The third-order valence-corrected chi connectivity index (χ3v) is 6.72. The molecule has 3 N–H and O–H groups in total. The van der Waals surface area contributed by atoms with Gasteiger partial charge in [0.05, 0.1) is 22.8 Å². The lowest BCUT2D eigenvalue weighted by molar-refractivity contribution is -0.122. The molecule has 0 unspecified atom stereocenters. The van der Waals surface area contributed by atoms with E-state index in [-0.39, 0.29) is 23.4 Å². The molecule has 11 heteroatoms. The first-order valence-corrected chi connectivity index (χ1v) is 12.9. The Morgan fingerprint density at radius 2 is 1.77 bits per heavy atom. The van der Waals surface area contributed by atoms with Crippen molar-refractivity contribution >= 4 is 17.4 Å². The number of aromatic nitrogens is 5. The van der Waals surface area contributed by atoms with Gasteiger partial charge in [-0.15, -0.1) is 10.2 Å². The Labute approximate surface area is 231 Å². The van der Waals surface area contributed by atoms with Gasteiger partial charge in [0, 0.05) is 11.8 Å². The summed E-state index contributed by atoms with van der Waals surface area (Å²) in [6.45, 7) is 10.5. The van der Waals surface area contributed by atoms with Gasteiger partial charge in [-0.05, 0) is 45.2 Å². The van der Waals surface area contributed by atoms with Crippen LogP contribution in [0.5, 0.6) is 0 Å². The number of carbonyl (C=O) groups is 2. The van der Waals surface area contributed by atoms with Crippen molar-refractivity contribution in [1.82, 2.24) is 30.0 Å². The molecule has 11 nitrogen and oxygen atoms in total. The minimum absolute atomic E-state index is 0.0481. The van der Waals surface area contributed by atoms with Crippen LogP contribution in [0.25, 0.3) is 11.4 Å². The molecule has 4 aromatic rings. The van der Waals surface area contributed by atoms with Crippen molar-refractivity contribution in [2.75, 3.05) is 5.73 Å². The molecule has 208 valence electrons. The molecule has 4 rings (SSSR count). The summed E-state index contributed by atoms with van der Waals surface area (Å²) in [4.78, 5) is 48.6. The van der Waals surface area contributed by atoms with Crippen LogP contribution >= 0.6 is 0 Å². The van der Waals surface area contributed by atoms with Crippen LogP contribution in [-0.2, 0) is 16.8 Å². The highest BCUT2D eigenvalue weighted by Crippen LogP contribution is 2.29. The van der Waals surface area contributed by atoms with Gasteiger partial charge < -0.3 is 15.5 Å². The number of rotatable bonds is 9. The number of hydrogen-bond acceptors (Lipinski definition) is 9. The van der Waals surface area contributed by atoms with Crippen molar-refractivity contribution in [3.63, 3.8) is 0 Å². The van der Waals surface area contributed by atoms with Crippen molar-refractivity contribution in [2.24, 2.45) is 5.92 Å². The number of benzene rings is 1. The first-order chi connectivity index (χ1) is 18.9. The molecular weight excluding hydrogens is 510 g/mol. The van der Waals surface area contributed by atoms with E-state index in [1.807, 2.05) is 39.0 Å². The molecule has 1 aromatic carbocycles. The van der Waals surface area contributed by atoms with Gasteiger partial charge in [-0.3, -0.25) is 23.9 Å². The fourth-order valence-corrected chi connectivity index (χ4v) is 4.18. The SMILES string of the molecule is Cc1ccc(C(C)(C)c2nnc(C(=O)[C@@H](NC(=O)Cn3c(-c4ccccc4)nc(C)c(N)c3=O)C(C)C)o2)nc1. The zero-order chi connectivity index (χ0) is 29.2. The highest BCUT2D eigenvalue weighted by Gasteiger charge is 2.35. The van der Waals surface area contributed by atoms with Gasteiger partial charge in [0.2, 0.25) is 17.6 Å². The number of carbonyl (C=O) groups excluding carboxylic acids is 2. The Morgan fingerprint density at radius 1 is 1.07 bits per heavy atom. The molecule has 0 aliphatic carbocycles. The van der Waals surface area contributed by atoms with E-state index in [2.05, 4.69) is 25.5 Å². The number of nitrogens with zero attached hydrogens (tertiary/aromatic N) is 5. The smallest absolute Gasteiger partial charge is 0.286 e. The van der Waals surface area contributed by atoms with Gasteiger partial charge in [-0.1, -0.05) is 50.2 Å². The molecule has 0 aliphatic heterocycles. The topological polar surface area (TPSA) is 159 Å². The highest BCUT2D eigenvalue weighted by molar-refractivity contribution is 5.98. The van der Waals surface area contributed by atoms with Crippen LogP contribution in [0.4, 0.5) is 5.69 Å². The van der Waals surface area contributed by atoms with Crippen LogP contribution in [-0.4, -0.2) is 42.5 Å². The Bertz CT molecular complexity index is 1590. The number of nitrogens with two attached hydrogens (primary N) is 1. The minimum Gasteiger partial charge on any atom is -0.417 e. The van der Waals surface area contributed by atoms with Crippen molar-refractivity contribution in [3.05, 3.63) is 87.7 Å². The third-order valence-electron chi connectivity index (χ3n) is 6.72. The van der Waals surface area contributed by atoms with Gasteiger partial charge in [0.15, 0.2) is 0 Å². The maximum atomic E-state index is 13.4. The second-order valence-electron chi connectivity index (χ2n) is 10.6. The Hall–Kier alpha value is -4.67. The largest absolute Gasteiger partial charge is 0.417 e. The predicted octanol–water partition coefficient (Wildman–Crippen LogP) is 3.24. The number of ketones is 1. The molecule has 0 spiro atoms. The second-order valence-corrected chi connectivity index (χ2v) is 10.6. The Balaban J connectivity index is 1.58. The van der Waals surface area contributed by atoms with Crippen LogP contribution in [0, 0.1) is 19.8 Å². The highest BCUT2D eigenvalue weighted by atomic mass is 16.4. The molecule has 1 atom stereocenters. The van der Waals surface area contributed by atoms with Crippen LogP contribution in [0.15, 0.2) is 57.9 Å². The van der Waals surface area contributed by atoms with E-state index in [1.165, 1.54) is 4.57 Å². The van der Waals surface area contributed by atoms with E-state index in [1.54, 1.807) is 51.2 Å². The number of nitrogen functional groups attached to an aromatic ring is 1. The summed E-state index contributed by atoms with van der Waals surface area (Å²) < 4.78 is 7.01. The van der Waals surface area contributed by atoms with Crippen LogP contribution in [0.1, 0.15) is 61.2 Å². The van der Waals surface area contributed by atoms with E-state index < -0.39 is 35.3 Å². The fraction of sp³-hybridized carbons (Fsp3) is 0.345. The molecule has 0 radical (unpaired) electrons. The normalized spacial score (nSPS) is 12.4. The number of Topliss-reactive ketones (excluding diaryl/α,β-unsaturated/α-hetero) is 1. The number of hydrogen-bond donors (Lipinski definition) is 2. The lowest BCUT2D eigenvalue weighted by Crippen LogP contribution is -2.46. The first-order valence-electron chi connectivity index (χ1n) is 12.9. The molecule has 3 heterocycles. The maximum absolute atomic E-state index is 13.4. The van der Waals surface area contributed by atoms with E-state index in [0.717, 1.165) is 5.56 Å². The van der Waals surface area contributed by atoms with Gasteiger partial charge in [0.25, 0.3) is 11.4 Å². The number of anilines is 1. The molecule has 0 saturated carbocycles. The van der Waals surface area contributed by atoms with E-state index in [0.29, 0.717) is 22.8 Å². The van der Waals surface area contributed by atoms with E-state index in [4.69, 9.17) is 10.2 Å². The first kappa shape index (κ1) is 28.3. The minimum atomic E-state index is -0.979. The van der Waals surface area contributed by atoms with Crippen LogP contribution < -0.4 is 16.6 Å².